The molecule has 6 aliphatic rings. The second-order valence-electron chi connectivity index (χ2n) is 8.38. The number of allylic oxidation sites excluding steroid dienone is 1. The third-order valence-electron chi connectivity index (χ3n) is 7.45. The van der Waals surface area contributed by atoms with Crippen LogP contribution in [0.3, 0.4) is 0 Å². The fourth-order valence-electron chi connectivity index (χ4n) is 7.35. The molecule has 2 bridgehead atoms. The molecule has 5 heteroatoms. The topological polar surface area (TPSA) is 52.6 Å². The first-order chi connectivity index (χ1) is 10.4. The molecule has 0 N–H and O–H groups in total. The number of carbonyl (C=O) groups excluding carboxylic acids is 2. The summed E-state index contributed by atoms with van der Waals surface area (Å²) >= 11 is 3.93. The molecule has 116 valence electrons. The normalized spacial score (nSPS) is 58.2. The minimum atomic E-state index is -1.14. The number of halogens is 1. The van der Waals surface area contributed by atoms with Gasteiger partial charge in [0, 0.05) is 18.7 Å². The number of cyclic esters (lactones) is 2. The SMILES string of the molecule is CC1(C)OC(=O)C(=C2[C@@H]3[C@@H]4[C@@H](Br)[C@H]5[C@H]6C[C@H]([C@H]25)[C@@H]3[C@H]64)C(=O)O1. The number of ether oxygens (including phenoxy) is 2. The molecule has 0 aromatic carbocycles. The van der Waals surface area contributed by atoms with Gasteiger partial charge in [0.15, 0.2) is 0 Å². The van der Waals surface area contributed by atoms with E-state index in [9.17, 15) is 9.59 Å². The zero-order valence-electron chi connectivity index (χ0n) is 12.4. The van der Waals surface area contributed by atoms with E-state index in [0.717, 1.165) is 23.3 Å². The standard InChI is InChI=1S/C17H17BrO4/c1-17(2)21-15(19)13(16(20)22-17)11-8-4-3-5-7-6(4)10(11)12(7)14(18)9(5)8/h4-10,12,14H,3H2,1-2H3/t4-,5-,6+,7-,8-,9-,10+,12+,14-/m0/s1. The summed E-state index contributed by atoms with van der Waals surface area (Å²) in [5.41, 5.74) is 1.36. The van der Waals surface area contributed by atoms with Gasteiger partial charge in [0.2, 0.25) is 0 Å². The zero-order chi connectivity index (χ0) is 15.1. The summed E-state index contributed by atoms with van der Waals surface area (Å²) in [5.74, 6) is 3.08. The van der Waals surface area contributed by atoms with E-state index in [4.69, 9.17) is 9.47 Å². The Morgan fingerprint density at radius 3 is 2.32 bits per heavy atom. The van der Waals surface area contributed by atoms with Gasteiger partial charge in [0.1, 0.15) is 5.57 Å². The monoisotopic (exact) mass is 364 g/mol. The Balaban J connectivity index is 1.53. The van der Waals surface area contributed by atoms with E-state index in [-0.39, 0.29) is 5.57 Å². The van der Waals surface area contributed by atoms with Crippen molar-refractivity contribution in [3.05, 3.63) is 11.1 Å². The van der Waals surface area contributed by atoms with Crippen LogP contribution in [-0.2, 0) is 19.1 Å². The molecule has 6 fully saturated rings. The molecular weight excluding hydrogens is 348 g/mol. The molecule has 0 aromatic heterocycles. The molecule has 1 saturated heterocycles. The van der Waals surface area contributed by atoms with Crippen molar-refractivity contribution in [3.63, 3.8) is 0 Å². The maximum Gasteiger partial charge on any atom is 0.348 e. The van der Waals surface area contributed by atoms with E-state index >= 15 is 0 Å². The predicted molar refractivity (Wildman–Crippen MR) is 78.5 cm³/mol. The highest BCUT2D eigenvalue weighted by molar-refractivity contribution is 9.09. The lowest BCUT2D eigenvalue weighted by Crippen LogP contribution is -2.48. The quantitative estimate of drug-likeness (QED) is 0.286. The van der Waals surface area contributed by atoms with Crippen molar-refractivity contribution in [2.75, 3.05) is 0 Å². The summed E-state index contributed by atoms with van der Waals surface area (Å²) in [5, 5.41) is 0. The minimum Gasteiger partial charge on any atom is -0.419 e. The molecule has 0 aromatic rings. The van der Waals surface area contributed by atoms with Crippen LogP contribution in [-0.4, -0.2) is 22.6 Å². The molecule has 9 atom stereocenters. The van der Waals surface area contributed by atoms with Crippen LogP contribution in [0.2, 0.25) is 0 Å². The molecular formula is C17H17BrO4. The van der Waals surface area contributed by atoms with Crippen LogP contribution >= 0.6 is 15.9 Å². The average Bonchev–Trinajstić information content (AvgIpc) is 2.87. The number of carbonyl (C=O) groups is 2. The number of rotatable bonds is 0. The van der Waals surface area contributed by atoms with Crippen molar-refractivity contribution >= 4 is 27.9 Å². The van der Waals surface area contributed by atoms with E-state index in [0.29, 0.717) is 34.4 Å². The Bertz CT molecular complexity index is 673. The largest absolute Gasteiger partial charge is 0.419 e. The van der Waals surface area contributed by atoms with Gasteiger partial charge in [-0.25, -0.2) is 9.59 Å². The lowest BCUT2D eigenvalue weighted by Gasteiger charge is -2.48. The molecule has 0 spiro atoms. The first kappa shape index (κ1) is 12.6. The average molecular weight is 365 g/mol. The van der Waals surface area contributed by atoms with Crippen LogP contribution in [0.25, 0.3) is 0 Å². The van der Waals surface area contributed by atoms with Crippen molar-refractivity contribution in [1.29, 1.82) is 0 Å². The third-order valence-corrected chi connectivity index (χ3v) is 8.67. The van der Waals surface area contributed by atoms with Crippen LogP contribution in [0.1, 0.15) is 20.3 Å². The van der Waals surface area contributed by atoms with E-state index in [2.05, 4.69) is 15.9 Å². The third kappa shape index (κ3) is 1.06. The maximum atomic E-state index is 12.5. The summed E-state index contributed by atoms with van der Waals surface area (Å²) < 4.78 is 10.7. The second kappa shape index (κ2) is 3.33. The van der Waals surface area contributed by atoms with Crippen molar-refractivity contribution in [2.24, 2.45) is 47.3 Å². The van der Waals surface area contributed by atoms with E-state index < -0.39 is 17.7 Å². The number of esters is 2. The lowest BCUT2D eigenvalue weighted by atomic mass is 9.58. The first-order valence-corrected chi connectivity index (χ1v) is 9.17. The fourth-order valence-corrected chi connectivity index (χ4v) is 8.75. The molecule has 4 nitrogen and oxygen atoms in total. The Morgan fingerprint density at radius 2 is 1.64 bits per heavy atom. The zero-order valence-corrected chi connectivity index (χ0v) is 14.0. The van der Waals surface area contributed by atoms with E-state index in [1.165, 1.54) is 6.42 Å². The summed E-state index contributed by atoms with van der Waals surface area (Å²) in [6.45, 7) is 3.22. The van der Waals surface area contributed by atoms with Crippen LogP contribution < -0.4 is 0 Å². The highest BCUT2D eigenvalue weighted by Crippen LogP contribution is 2.85. The number of alkyl halides is 1. The number of fused-ring (bicyclic) bond motifs is 2. The molecule has 0 unspecified atom stereocenters. The van der Waals surface area contributed by atoms with Gasteiger partial charge in [0.05, 0.1) is 0 Å². The fraction of sp³-hybridized carbons (Fsp3) is 0.765. The van der Waals surface area contributed by atoms with Gasteiger partial charge >= 0.3 is 11.9 Å². The van der Waals surface area contributed by atoms with Crippen LogP contribution in [0.5, 0.6) is 0 Å². The minimum absolute atomic E-state index is 0.247. The van der Waals surface area contributed by atoms with Gasteiger partial charge in [-0.1, -0.05) is 15.9 Å². The van der Waals surface area contributed by atoms with Crippen molar-refractivity contribution < 1.29 is 19.1 Å². The summed E-state index contributed by atoms with van der Waals surface area (Å²) in [6.07, 6.45) is 1.30. The van der Waals surface area contributed by atoms with Crippen molar-refractivity contribution in [3.8, 4) is 0 Å². The molecule has 5 saturated carbocycles. The van der Waals surface area contributed by atoms with Crippen LogP contribution in [0.4, 0.5) is 0 Å². The Hall–Kier alpha value is -0.840. The summed E-state index contributed by atoms with van der Waals surface area (Å²) in [7, 11) is 0. The second-order valence-corrected chi connectivity index (χ2v) is 9.44. The summed E-state index contributed by atoms with van der Waals surface area (Å²) in [4.78, 5) is 25.6. The highest BCUT2D eigenvalue weighted by atomic mass is 79.9. The van der Waals surface area contributed by atoms with Gasteiger partial charge in [-0.15, -0.1) is 0 Å². The highest BCUT2D eigenvalue weighted by Gasteiger charge is 2.82. The molecule has 1 aliphatic heterocycles. The predicted octanol–water partition coefficient (Wildman–Crippen LogP) is 2.27. The van der Waals surface area contributed by atoms with Gasteiger partial charge in [-0.3, -0.25) is 0 Å². The smallest absolute Gasteiger partial charge is 0.348 e. The molecule has 1 heterocycles. The number of hydrogen-bond acceptors (Lipinski definition) is 4. The number of hydrogen-bond donors (Lipinski definition) is 0. The molecule has 22 heavy (non-hydrogen) atoms. The van der Waals surface area contributed by atoms with E-state index in [1.807, 2.05) is 0 Å². The Morgan fingerprint density at radius 1 is 0.955 bits per heavy atom. The lowest BCUT2D eigenvalue weighted by molar-refractivity contribution is -0.222. The van der Waals surface area contributed by atoms with Gasteiger partial charge in [-0.05, 0) is 59.3 Å². The molecule has 5 aliphatic carbocycles. The maximum absolute atomic E-state index is 12.5. The van der Waals surface area contributed by atoms with Crippen LogP contribution in [0.15, 0.2) is 11.1 Å². The van der Waals surface area contributed by atoms with Crippen molar-refractivity contribution in [2.45, 2.75) is 30.9 Å². The Kier molecular flexibility index (Phi) is 1.90. The van der Waals surface area contributed by atoms with Gasteiger partial charge in [-0.2, -0.15) is 0 Å². The molecule has 6 rings (SSSR count). The Labute approximate surface area is 136 Å². The first-order valence-electron chi connectivity index (χ1n) is 8.25. The van der Waals surface area contributed by atoms with Gasteiger partial charge in [0.25, 0.3) is 5.79 Å². The molecule has 0 radical (unpaired) electrons. The van der Waals surface area contributed by atoms with Crippen molar-refractivity contribution in [1.82, 2.24) is 0 Å². The summed E-state index contributed by atoms with van der Waals surface area (Å²) in [6, 6.07) is 0. The molecule has 0 amide bonds. The van der Waals surface area contributed by atoms with E-state index in [1.54, 1.807) is 13.8 Å². The van der Waals surface area contributed by atoms with Gasteiger partial charge < -0.3 is 9.47 Å². The van der Waals surface area contributed by atoms with Crippen LogP contribution in [0, 0.1) is 47.3 Å².